The minimum Gasteiger partial charge on any atom is -0.469 e. The second-order valence-corrected chi connectivity index (χ2v) is 7.22. The first kappa shape index (κ1) is 18.5. The molecule has 3 aromatic carbocycles. The van der Waals surface area contributed by atoms with E-state index in [-0.39, 0.29) is 17.8 Å². The van der Waals surface area contributed by atoms with Crippen LogP contribution < -0.4 is 0 Å². The number of esters is 1. The third-order valence-electron chi connectivity index (χ3n) is 5.48. The predicted octanol–water partition coefficient (Wildman–Crippen LogP) is 4.80. The van der Waals surface area contributed by atoms with Gasteiger partial charge >= 0.3 is 5.97 Å². The molecule has 1 fully saturated rings. The van der Waals surface area contributed by atoms with Gasteiger partial charge in [-0.1, -0.05) is 91.0 Å². The van der Waals surface area contributed by atoms with Gasteiger partial charge in [-0.2, -0.15) is 0 Å². The van der Waals surface area contributed by atoms with Gasteiger partial charge in [-0.3, -0.25) is 4.79 Å². The number of hydrogen-bond donors (Lipinski definition) is 0. The Morgan fingerprint density at radius 1 is 0.821 bits per heavy atom. The molecule has 3 nitrogen and oxygen atoms in total. The summed E-state index contributed by atoms with van der Waals surface area (Å²) in [6, 6.07) is 30.9. The molecule has 0 aromatic heterocycles. The Balaban J connectivity index is 1.77. The minimum absolute atomic E-state index is 0.0509. The summed E-state index contributed by atoms with van der Waals surface area (Å²) in [4.78, 5) is 11.8. The maximum atomic E-state index is 11.8. The van der Waals surface area contributed by atoms with Gasteiger partial charge in [-0.25, -0.2) is 0 Å². The highest BCUT2D eigenvalue weighted by Gasteiger charge is 2.46. The van der Waals surface area contributed by atoms with E-state index in [1.54, 1.807) is 0 Å². The molecule has 0 heterocycles. The molecular formula is C25H24O3. The van der Waals surface area contributed by atoms with E-state index >= 15 is 0 Å². The molecule has 3 aromatic rings. The van der Waals surface area contributed by atoms with Crippen LogP contribution in [0.4, 0.5) is 0 Å². The van der Waals surface area contributed by atoms with Crippen LogP contribution in [-0.4, -0.2) is 19.7 Å². The van der Waals surface area contributed by atoms with Crippen LogP contribution in [0.1, 0.15) is 23.1 Å². The lowest BCUT2D eigenvalue weighted by molar-refractivity contribution is -0.142. The van der Waals surface area contributed by atoms with E-state index < -0.39 is 5.60 Å². The molecule has 28 heavy (non-hydrogen) atoms. The molecule has 142 valence electrons. The van der Waals surface area contributed by atoms with Crippen molar-refractivity contribution >= 4 is 5.97 Å². The number of benzene rings is 3. The van der Waals surface area contributed by atoms with Crippen LogP contribution in [-0.2, 0) is 19.9 Å². The summed E-state index contributed by atoms with van der Waals surface area (Å²) < 4.78 is 11.6. The quantitative estimate of drug-likeness (QED) is 0.441. The highest BCUT2D eigenvalue weighted by molar-refractivity contribution is 5.75. The van der Waals surface area contributed by atoms with Crippen LogP contribution in [0.3, 0.4) is 0 Å². The summed E-state index contributed by atoms with van der Waals surface area (Å²) >= 11 is 0. The molecule has 0 amide bonds. The molecule has 2 unspecified atom stereocenters. The van der Waals surface area contributed by atoms with Gasteiger partial charge < -0.3 is 9.47 Å². The molecule has 3 heteroatoms. The van der Waals surface area contributed by atoms with Crippen LogP contribution in [0.2, 0.25) is 0 Å². The van der Waals surface area contributed by atoms with Crippen molar-refractivity contribution in [3.63, 3.8) is 0 Å². The lowest BCUT2D eigenvalue weighted by atomic mass is 9.80. The van der Waals surface area contributed by atoms with Gasteiger partial charge in [0, 0.05) is 0 Å². The number of rotatable bonds is 7. The molecule has 0 aliphatic heterocycles. The Bertz CT molecular complexity index is 810. The highest BCUT2D eigenvalue weighted by Crippen LogP contribution is 2.45. The van der Waals surface area contributed by atoms with Crippen molar-refractivity contribution in [2.45, 2.75) is 12.0 Å². The second kappa shape index (κ2) is 7.99. The molecule has 4 rings (SSSR count). The molecule has 1 aliphatic carbocycles. The van der Waals surface area contributed by atoms with E-state index in [9.17, 15) is 4.79 Å². The number of ether oxygens (including phenoxy) is 2. The zero-order valence-corrected chi connectivity index (χ0v) is 16.0. The lowest BCUT2D eigenvalue weighted by Gasteiger charge is -2.36. The van der Waals surface area contributed by atoms with Crippen LogP contribution in [0.15, 0.2) is 91.0 Å². The summed E-state index contributed by atoms with van der Waals surface area (Å²) in [7, 11) is 1.45. The van der Waals surface area contributed by atoms with Gasteiger partial charge in [0.1, 0.15) is 5.60 Å². The highest BCUT2D eigenvalue weighted by atomic mass is 16.5. The predicted molar refractivity (Wildman–Crippen MR) is 109 cm³/mol. The van der Waals surface area contributed by atoms with Crippen molar-refractivity contribution < 1.29 is 14.3 Å². The van der Waals surface area contributed by atoms with Crippen molar-refractivity contribution in [2.75, 3.05) is 13.7 Å². The average Bonchev–Trinajstić information content (AvgIpc) is 3.56. The van der Waals surface area contributed by atoms with Crippen molar-refractivity contribution in [3.05, 3.63) is 108 Å². The smallest absolute Gasteiger partial charge is 0.309 e. The van der Waals surface area contributed by atoms with E-state index in [2.05, 4.69) is 36.4 Å². The van der Waals surface area contributed by atoms with Gasteiger partial charge in [0.15, 0.2) is 0 Å². The maximum Gasteiger partial charge on any atom is 0.309 e. The van der Waals surface area contributed by atoms with Crippen LogP contribution >= 0.6 is 0 Å². The fraction of sp³-hybridized carbons (Fsp3) is 0.240. The van der Waals surface area contributed by atoms with Crippen LogP contribution in [0.5, 0.6) is 0 Å². The largest absolute Gasteiger partial charge is 0.469 e. The topological polar surface area (TPSA) is 35.5 Å². The Morgan fingerprint density at radius 2 is 1.25 bits per heavy atom. The van der Waals surface area contributed by atoms with Crippen LogP contribution in [0.25, 0.3) is 0 Å². The zero-order chi connectivity index (χ0) is 19.4. The summed E-state index contributed by atoms with van der Waals surface area (Å²) in [6.45, 7) is 0.498. The number of carbonyl (C=O) groups excluding carboxylic acids is 1. The number of methoxy groups -OCH3 is 1. The molecular weight excluding hydrogens is 348 g/mol. The molecule has 0 N–H and O–H groups in total. The SMILES string of the molecule is COC(=O)C1CC1COC(c1ccccc1)(c1ccccc1)c1ccccc1. The molecule has 0 saturated heterocycles. The maximum absolute atomic E-state index is 11.8. The third-order valence-corrected chi connectivity index (χ3v) is 5.48. The molecule has 0 bridgehead atoms. The zero-order valence-electron chi connectivity index (χ0n) is 16.0. The van der Waals surface area contributed by atoms with Crippen molar-refractivity contribution in [1.29, 1.82) is 0 Å². The first-order valence-corrected chi connectivity index (χ1v) is 9.64. The molecule has 1 saturated carbocycles. The Hall–Kier alpha value is -2.91. The Labute approximate surface area is 165 Å². The third kappa shape index (κ3) is 3.46. The standard InChI is InChI=1S/C25H24O3/c1-27-24(26)23-17-19(23)18-28-25(20-11-5-2-6-12-20,21-13-7-3-8-14-21)22-15-9-4-10-16-22/h2-16,19,23H,17-18H2,1H3. The average molecular weight is 372 g/mol. The summed E-state index contributed by atoms with van der Waals surface area (Å²) in [5, 5.41) is 0. The molecule has 0 spiro atoms. The molecule has 2 atom stereocenters. The van der Waals surface area contributed by atoms with E-state index in [1.807, 2.05) is 54.6 Å². The summed E-state index contributed by atoms with van der Waals surface area (Å²) in [5.41, 5.74) is 2.49. The lowest BCUT2D eigenvalue weighted by Crippen LogP contribution is -2.34. The van der Waals surface area contributed by atoms with E-state index in [0.29, 0.717) is 6.61 Å². The van der Waals surface area contributed by atoms with Crippen molar-refractivity contribution in [3.8, 4) is 0 Å². The fourth-order valence-electron chi connectivity index (χ4n) is 3.87. The molecule has 1 aliphatic rings. The number of hydrogen-bond acceptors (Lipinski definition) is 3. The first-order chi connectivity index (χ1) is 13.8. The van der Waals surface area contributed by atoms with Gasteiger partial charge in [-0.15, -0.1) is 0 Å². The van der Waals surface area contributed by atoms with Gasteiger partial charge in [0.25, 0.3) is 0 Å². The summed E-state index contributed by atoms with van der Waals surface area (Å²) in [5.74, 6) is 0.00585. The van der Waals surface area contributed by atoms with E-state index in [1.165, 1.54) is 7.11 Å². The first-order valence-electron chi connectivity index (χ1n) is 9.64. The number of carbonyl (C=O) groups is 1. The Kier molecular flexibility index (Phi) is 5.27. The van der Waals surface area contributed by atoms with E-state index in [0.717, 1.165) is 23.1 Å². The second-order valence-electron chi connectivity index (χ2n) is 7.22. The molecule has 0 radical (unpaired) electrons. The van der Waals surface area contributed by atoms with Crippen molar-refractivity contribution in [2.24, 2.45) is 11.8 Å². The van der Waals surface area contributed by atoms with E-state index in [4.69, 9.17) is 9.47 Å². The van der Waals surface area contributed by atoms with Crippen LogP contribution in [0, 0.1) is 11.8 Å². The van der Waals surface area contributed by atoms with Gasteiger partial charge in [-0.05, 0) is 29.0 Å². The van der Waals surface area contributed by atoms with Crippen molar-refractivity contribution in [1.82, 2.24) is 0 Å². The van der Waals surface area contributed by atoms with Gasteiger partial charge in [0.2, 0.25) is 0 Å². The normalized spacial score (nSPS) is 18.5. The Morgan fingerprint density at radius 3 is 1.64 bits per heavy atom. The summed E-state index contributed by atoms with van der Waals surface area (Å²) in [6.07, 6.45) is 0.821. The monoisotopic (exact) mass is 372 g/mol. The fourth-order valence-corrected chi connectivity index (χ4v) is 3.87. The van der Waals surface area contributed by atoms with Gasteiger partial charge in [0.05, 0.1) is 19.6 Å². The minimum atomic E-state index is -0.729.